The molecule has 1 aliphatic heterocycles. The molecule has 0 radical (unpaired) electrons. The second kappa shape index (κ2) is 7.37. The summed E-state index contributed by atoms with van der Waals surface area (Å²) in [5.74, 6) is -2.25. The van der Waals surface area contributed by atoms with Crippen LogP contribution in [0, 0.1) is 17.6 Å². The molecule has 2 heterocycles. The third-order valence-electron chi connectivity index (χ3n) is 6.64. The van der Waals surface area contributed by atoms with Gasteiger partial charge in [-0.2, -0.15) is 0 Å². The van der Waals surface area contributed by atoms with Gasteiger partial charge in [0, 0.05) is 24.7 Å². The quantitative estimate of drug-likeness (QED) is 0.488. The summed E-state index contributed by atoms with van der Waals surface area (Å²) in [5, 5.41) is 11.8. The first-order chi connectivity index (χ1) is 14.6. The Morgan fingerprint density at radius 3 is 2.55 bits per heavy atom. The SMILES string of the molecule is CNC(C)(C)[C@@H]1CCN(c2c(F)c(N)c3c(=O)c(OC(=O)O)cn(C4CC4)c3c2F)C1. The number of nitrogens with two attached hydrogens (primary N) is 1. The highest BCUT2D eigenvalue weighted by molar-refractivity contribution is 5.96. The average molecular weight is 436 g/mol. The van der Waals surface area contributed by atoms with Crippen molar-refractivity contribution in [2.45, 2.75) is 44.7 Å². The van der Waals surface area contributed by atoms with Crippen LogP contribution in [0.15, 0.2) is 11.0 Å². The van der Waals surface area contributed by atoms with Crippen molar-refractivity contribution in [1.82, 2.24) is 9.88 Å². The number of benzene rings is 1. The largest absolute Gasteiger partial charge is 0.511 e. The van der Waals surface area contributed by atoms with Gasteiger partial charge in [0.1, 0.15) is 5.69 Å². The zero-order chi connectivity index (χ0) is 22.7. The lowest BCUT2D eigenvalue weighted by atomic mass is 9.87. The highest BCUT2D eigenvalue weighted by Gasteiger charge is 2.38. The van der Waals surface area contributed by atoms with Gasteiger partial charge in [0.15, 0.2) is 17.4 Å². The second-order valence-corrected chi connectivity index (χ2v) is 8.85. The number of carboxylic acid groups (broad SMARTS) is 1. The number of halogens is 2. The third kappa shape index (κ3) is 3.48. The van der Waals surface area contributed by atoms with Gasteiger partial charge in [-0.3, -0.25) is 4.79 Å². The molecule has 1 saturated heterocycles. The van der Waals surface area contributed by atoms with Gasteiger partial charge >= 0.3 is 6.16 Å². The Morgan fingerprint density at radius 2 is 1.97 bits per heavy atom. The fourth-order valence-electron chi connectivity index (χ4n) is 4.37. The Balaban J connectivity index is 1.91. The van der Waals surface area contributed by atoms with E-state index >= 15 is 8.78 Å². The van der Waals surface area contributed by atoms with E-state index in [1.165, 1.54) is 10.8 Å². The number of hydrogen-bond acceptors (Lipinski definition) is 6. The van der Waals surface area contributed by atoms with E-state index in [0.29, 0.717) is 13.1 Å². The first kappa shape index (κ1) is 21.4. The van der Waals surface area contributed by atoms with Gasteiger partial charge in [-0.1, -0.05) is 0 Å². The number of carbonyl (C=O) groups is 1. The van der Waals surface area contributed by atoms with Crippen molar-refractivity contribution in [3.63, 3.8) is 0 Å². The number of hydrogen-bond donors (Lipinski definition) is 3. The summed E-state index contributed by atoms with van der Waals surface area (Å²) < 4.78 is 37.2. The van der Waals surface area contributed by atoms with E-state index < -0.39 is 40.0 Å². The third-order valence-corrected chi connectivity index (χ3v) is 6.64. The van der Waals surface area contributed by atoms with E-state index in [0.717, 1.165) is 19.3 Å². The molecule has 8 nitrogen and oxygen atoms in total. The van der Waals surface area contributed by atoms with Crippen molar-refractivity contribution in [2.24, 2.45) is 5.92 Å². The maximum absolute atomic E-state index is 15.8. The number of ether oxygens (including phenoxy) is 1. The Labute approximate surface area is 177 Å². The molecular weight excluding hydrogens is 410 g/mol. The summed E-state index contributed by atoms with van der Waals surface area (Å²) in [5.41, 5.74) is 3.96. The number of nitrogens with zero attached hydrogens (tertiary/aromatic N) is 2. The molecule has 2 fully saturated rings. The molecule has 4 rings (SSSR count). The summed E-state index contributed by atoms with van der Waals surface area (Å²) in [4.78, 5) is 25.4. The Bertz CT molecular complexity index is 1130. The van der Waals surface area contributed by atoms with Crippen LogP contribution in [-0.4, -0.2) is 41.5 Å². The monoisotopic (exact) mass is 436 g/mol. The summed E-state index contributed by atoms with van der Waals surface area (Å²) in [6.07, 6.45) is 1.67. The fraction of sp³-hybridized carbons (Fsp3) is 0.524. The summed E-state index contributed by atoms with van der Waals surface area (Å²) in [7, 11) is 1.85. The van der Waals surface area contributed by atoms with Crippen LogP contribution in [0.5, 0.6) is 5.75 Å². The Kier molecular flexibility index (Phi) is 5.07. The number of pyridine rings is 1. The van der Waals surface area contributed by atoms with Crippen LogP contribution in [0.4, 0.5) is 25.0 Å². The van der Waals surface area contributed by atoms with Gasteiger partial charge in [0.05, 0.1) is 22.8 Å². The molecule has 168 valence electrons. The molecule has 4 N–H and O–H groups in total. The molecule has 0 bridgehead atoms. The molecular formula is C21H26F2N4O4. The molecule has 0 spiro atoms. The van der Waals surface area contributed by atoms with Gasteiger partial charge in [0.25, 0.3) is 0 Å². The maximum atomic E-state index is 15.8. The van der Waals surface area contributed by atoms with Gasteiger partial charge in [-0.15, -0.1) is 0 Å². The number of rotatable bonds is 5. The Morgan fingerprint density at radius 1 is 1.29 bits per heavy atom. The summed E-state index contributed by atoms with van der Waals surface area (Å²) in [6.45, 7) is 4.96. The molecule has 31 heavy (non-hydrogen) atoms. The highest BCUT2D eigenvalue weighted by atomic mass is 19.1. The van der Waals surface area contributed by atoms with Crippen molar-refractivity contribution in [1.29, 1.82) is 0 Å². The van der Waals surface area contributed by atoms with Crippen molar-refractivity contribution in [2.75, 3.05) is 30.8 Å². The number of fused-ring (bicyclic) bond motifs is 1. The zero-order valence-corrected chi connectivity index (χ0v) is 17.7. The molecule has 1 aliphatic carbocycles. The van der Waals surface area contributed by atoms with Crippen LogP contribution < -0.4 is 26.1 Å². The van der Waals surface area contributed by atoms with Gasteiger partial charge < -0.3 is 30.4 Å². The number of nitrogen functional groups attached to an aromatic ring is 1. The normalized spacial score (nSPS) is 19.3. The lowest BCUT2D eigenvalue weighted by Crippen LogP contribution is -2.45. The molecule has 0 unspecified atom stereocenters. The van der Waals surface area contributed by atoms with Crippen LogP contribution in [0.2, 0.25) is 0 Å². The fourth-order valence-corrected chi connectivity index (χ4v) is 4.37. The number of aromatic nitrogens is 1. The van der Waals surface area contributed by atoms with Crippen LogP contribution in [-0.2, 0) is 0 Å². The molecule has 2 aromatic rings. The van der Waals surface area contributed by atoms with E-state index in [2.05, 4.69) is 10.1 Å². The minimum Gasteiger partial charge on any atom is -0.449 e. The lowest BCUT2D eigenvalue weighted by molar-refractivity contribution is 0.143. The van der Waals surface area contributed by atoms with E-state index in [4.69, 9.17) is 10.8 Å². The van der Waals surface area contributed by atoms with Crippen molar-refractivity contribution >= 4 is 28.4 Å². The van der Waals surface area contributed by atoms with Crippen LogP contribution in [0.1, 0.15) is 39.2 Å². The molecule has 1 atom stereocenters. The standard InChI is InChI=1S/C21H26F2N4O4/c1-21(2,25-3)10-6-7-26(8-10)18-14(22)16(24)13-17(15(18)23)27(11-4-5-11)9-12(19(13)28)31-20(29)30/h9-11,25H,4-8,24H2,1-3H3,(H,29,30)/t10-/m1/s1. The molecule has 0 amide bonds. The smallest absolute Gasteiger partial charge is 0.449 e. The van der Waals surface area contributed by atoms with Gasteiger partial charge in [-0.05, 0) is 46.1 Å². The maximum Gasteiger partial charge on any atom is 0.511 e. The Hall–Kier alpha value is -2.88. The van der Waals surface area contributed by atoms with E-state index in [1.54, 1.807) is 4.90 Å². The van der Waals surface area contributed by atoms with Crippen molar-refractivity contribution < 1.29 is 23.4 Å². The topological polar surface area (TPSA) is 110 Å². The van der Waals surface area contributed by atoms with E-state index in [9.17, 15) is 9.59 Å². The molecule has 1 aromatic carbocycles. The van der Waals surface area contributed by atoms with Crippen molar-refractivity contribution in [3.8, 4) is 5.75 Å². The second-order valence-electron chi connectivity index (χ2n) is 8.85. The van der Waals surface area contributed by atoms with Crippen LogP contribution in [0.25, 0.3) is 10.9 Å². The highest BCUT2D eigenvalue weighted by Crippen LogP contribution is 2.43. The predicted octanol–water partition coefficient (Wildman–Crippen LogP) is 3.08. The van der Waals surface area contributed by atoms with Crippen LogP contribution >= 0.6 is 0 Å². The summed E-state index contributed by atoms with van der Waals surface area (Å²) >= 11 is 0. The first-order valence-corrected chi connectivity index (χ1v) is 10.3. The van der Waals surface area contributed by atoms with Gasteiger partial charge in [0.2, 0.25) is 5.43 Å². The molecule has 10 heteroatoms. The minimum atomic E-state index is -1.69. The molecule has 1 saturated carbocycles. The average Bonchev–Trinajstić information content (AvgIpc) is 3.44. The summed E-state index contributed by atoms with van der Waals surface area (Å²) in [6, 6.07) is -0.138. The number of nitrogens with one attached hydrogen (secondary N) is 1. The molecule has 1 aromatic heterocycles. The van der Waals surface area contributed by atoms with E-state index in [1.807, 2.05) is 20.9 Å². The lowest BCUT2D eigenvalue weighted by Gasteiger charge is -2.32. The minimum absolute atomic E-state index is 0.115. The van der Waals surface area contributed by atoms with Crippen molar-refractivity contribution in [3.05, 3.63) is 28.1 Å². The first-order valence-electron chi connectivity index (χ1n) is 10.3. The molecule has 2 aliphatic rings. The predicted molar refractivity (Wildman–Crippen MR) is 113 cm³/mol. The number of anilines is 2. The van der Waals surface area contributed by atoms with Crippen LogP contribution in [0.3, 0.4) is 0 Å². The van der Waals surface area contributed by atoms with E-state index in [-0.39, 0.29) is 28.7 Å². The van der Waals surface area contributed by atoms with Gasteiger partial charge in [-0.25, -0.2) is 13.6 Å². The zero-order valence-electron chi connectivity index (χ0n) is 17.7.